The summed E-state index contributed by atoms with van der Waals surface area (Å²) in [5, 5.41) is 2.99. The molecule has 1 fully saturated rings. The topological polar surface area (TPSA) is 97.4 Å². The molecule has 0 saturated heterocycles. The zero-order chi connectivity index (χ0) is 25.7. The van der Waals surface area contributed by atoms with E-state index in [1.807, 2.05) is 13.0 Å². The maximum absolute atomic E-state index is 13.1. The maximum Gasteiger partial charge on any atom is 0.240 e. The molecule has 0 spiro atoms. The van der Waals surface area contributed by atoms with Crippen LogP contribution in [0.2, 0.25) is 0 Å². The number of nitrogens with one attached hydrogen (secondary N) is 2. The smallest absolute Gasteiger partial charge is 0.240 e. The second-order valence-electron chi connectivity index (χ2n) is 9.05. The number of hydrogen-bond donors (Lipinski definition) is 2. The molecule has 1 atom stereocenters. The molecule has 1 heterocycles. The number of sulfonamides is 1. The van der Waals surface area contributed by atoms with Crippen molar-refractivity contribution in [2.24, 2.45) is 5.92 Å². The van der Waals surface area contributed by atoms with Gasteiger partial charge in [-0.25, -0.2) is 17.5 Å². The first-order valence-corrected chi connectivity index (χ1v) is 13.4. The Morgan fingerprint density at radius 1 is 1.03 bits per heavy atom. The largest absolute Gasteiger partial charge is 0.494 e. The SMILES string of the molecule is COc1cnccc1-c1ccc(S(=O)(=O)N[C@H]2CC[C@H](C(=O)N[C@H](C)c3ccc(F)cc3)CC2)cc1. The number of pyridine rings is 1. The van der Waals surface area contributed by atoms with Crippen molar-refractivity contribution >= 4 is 15.9 Å². The summed E-state index contributed by atoms with van der Waals surface area (Å²) in [6.45, 7) is 1.86. The van der Waals surface area contributed by atoms with Crippen LogP contribution in [0.1, 0.15) is 44.2 Å². The Hall–Kier alpha value is -3.30. The predicted molar refractivity (Wildman–Crippen MR) is 135 cm³/mol. The molecule has 0 unspecified atom stereocenters. The van der Waals surface area contributed by atoms with E-state index >= 15 is 0 Å². The van der Waals surface area contributed by atoms with E-state index in [1.165, 1.54) is 12.1 Å². The molecule has 9 heteroatoms. The van der Waals surface area contributed by atoms with E-state index in [0.29, 0.717) is 31.4 Å². The van der Waals surface area contributed by atoms with Gasteiger partial charge in [-0.15, -0.1) is 0 Å². The van der Waals surface area contributed by atoms with Crippen LogP contribution in [-0.2, 0) is 14.8 Å². The van der Waals surface area contributed by atoms with Crippen molar-refractivity contribution in [2.45, 2.75) is 49.6 Å². The molecule has 1 aliphatic carbocycles. The molecule has 3 aromatic rings. The summed E-state index contributed by atoms with van der Waals surface area (Å²) in [7, 11) is -2.13. The van der Waals surface area contributed by atoms with Crippen molar-refractivity contribution in [3.05, 3.63) is 78.4 Å². The standard InChI is InChI=1S/C27H30FN3O4S/c1-18(19-3-9-22(28)10-4-19)30-27(32)21-5-11-23(12-6-21)31-36(33,34)24-13-7-20(8-14-24)25-15-16-29-17-26(25)35-2/h3-4,7-10,13-18,21,23,31H,5-6,11-12H2,1-2H3,(H,30,32)/t18-,21-,23-/m1/s1. The Morgan fingerprint density at radius 2 is 1.69 bits per heavy atom. The van der Waals surface area contributed by atoms with Gasteiger partial charge in [0.25, 0.3) is 0 Å². The monoisotopic (exact) mass is 511 g/mol. The van der Waals surface area contributed by atoms with E-state index in [2.05, 4.69) is 15.0 Å². The Kier molecular flexibility index (Phi) is 8.01. The van der Waals surface area contributed by atoms with Gasteiger partial charge in [-0.2, -0.15) is 0 Å². The molecule has 1 aliphatic rings. The number of carbonyl (C=O) groups is 1. The second kappa shape index (κ2) is 11.2. The molecule has 7 nitrogen and oxygen atoms in total. The van der Waals surface area contributed by atoms with Crippen LogP contribution >= 0.6 is 0 Å². The molecule has 36 heavy (non-hydrogen) atoms. The Morgan fingerprint density at radius 3 is 2.33 bits per heavy atom. The normalized spacial score (nSPS) is 18.9. The lowest BCUT2D eigenvalue weighted by atomic mass is 9.85. The second-order valence-corrected chi connectivity index (χ2v) is 10.8. The number of halogens is 1. The summed E-state index contributed by atoms with van der Waals surface area (Å²) in [6, 6.07) is 14.1. The van der Waals surface area contributed by atoms with E-state index in [4.69, 9.17) is 4.74 Å². The number of carbonyl (C=O) groups excluding carboxylic acids is 1. The van der Waals surface area contributed by atoms with Crippen LogP contribution < -0.4 is 14.8 Å². The van der Waals surface area contributed by atoms with E-state index in [0.717, 1.165) is 16.7 Å². The molecule has 0 aliphatic heterocycles. The number of ether oxygens (including phenoxy) is 1. The number of aromatic nitrogens is 1. The van der Waals surface area contributed by atoms with Crippen molar-refractivity contribution in [1.82, 2.24) is 15.0 Å². The van der Waals surface area contributed by atoms with Crippen LogP contribution in [0.5, 0.6) is 5.75 Å². The molecule has 0 bridgehead atoms. The van der Waals surface area contributed by atoms with Gasteiger partial charge in [-0.1, -0.05) is 24.3 Å². The van der Waals surface area contributed by atoms with E-state index in [-0.39, 0.29) is 34.6 Å². The minimum Gasteiger partial charge on any atom is -0.494 e. The third-order valence-corrected chi connectivity index (χ3v) is 8.17. The molecule has 2 N–H and O–H groups in total. The summed E-state index contributed by atoms with van der Waals surface area (Å²) in [4.78, 5) is 16.9. The van der Waals surface area contributed by atoms with Crippen LogP contribution in [0.3, 0.4) is 0 Å². The van der Waals surface area contributed by atoms with Gasteiger partial charge in [0.15, 0.2) is 0 Å². The Balaban J connectivity index is 1.32. The first-order chi connectivity index (χ1) is 17.3. The fraction of sp³-hybridized carbons (Fsp3) is 0.333. The highest BCUT2D eigenvalue weighted by molar-refractivity contribution is 7.89. The molecular formula is C27H30FN3O4S. The van der Waals surface area contributed by atoms with Gasteiger partial charge < -0.3 is 10.1 Å². The third-order valence-electron chi connectivity index (χ3n) is 6.63. The van der Waals surface area contributed by atoms with Crippen LogP contribution in [0.25, 0.3) is 11.1 Å². The summed E-state index contributed by atoms with van der Waals surface area (Å²) < 4.78 is 47.2. The molecule has 2 aromatic carbocycles. The lowest BCUT2D eigenvalue weighted by molar-refractivity contribution is -0.126. The van der Waals surface area contributed by atoms with Crippen LogP contribution in [0.4, 0.5) is 4.39 Å². The van der Waals surface area contributed by atoms with Gasteiger partial charge in [0, 0.05) is 23.7 Å². The number of hydrogen-bond acceptors (Lipinski definition) is 5. The minimum absolute atomic E-state index is 0.0599. The van der Waals surface area contributed by atoms with Gasteiger partial charge in [-0.05, 0) is 74.1 Å². The summed E-state index contributed by atoms with van der Waals surface area (Å²) in [5.74, 6) is 0.0561. The number of rotatable bonds is 8. The zero-order valence-electron chi connectivity index (χ0n) is 20.3. The van der Waals surface area contributed by atoms with Gasteiger partial charge >= 0.3 is 0 Å². The van der Waals surface area contributed by atoms with Gasteiger partial charge in [0.05, 0.1) is 24.2 Å². The number of benzene rings is 2. The Bertz CT molecular complexity index is 1290. The average molecular weight is 512 g/mol. The number of nitrogens with zero attached hydrogens (tertiary/aromatic N) is 1. The first kappa shape index (κ1) is 25.8. The molecule has 1 saturated carbocycles. The van der Waals surface area contributed by atoms with Crippen molar-refractivity contribution < 1.29 is 22.3 Å². The quantitative estimate of drug-likeness (QED) is 0.460. The van der Waals surface area contributed by atoms with E-state index in [1.54, 1.807) is 55.9 Å². The molecule has 4 rings (SSSR count). The number of amides is 1. The third kappa shape index (κ3) is 6.09. The summed E-state index contributed by atoms with van der Waals surface area (Å²) in [6.07, 6.45) is 5.61. The minimum atomic E-state index is -3.70. The van der Waals surface area contributed by atoms with E-state index in [9.17, 15) is 17.6 Å². The maximum atomic E-state index is 13.1. The average Bonchev–Trinajstić information content (AvgIpc) is 2.89. The highest BCUT2D eigenvalue weighted by atomic mass is 32.2. The fourth-order valence-corrected chi connectivity index (χ4v) is 5.83. The van der Waals surface area contributed by atoms with Gasteiger partial charge in [0.2, 0.25) is 15.9 Å². The lowest BCUT2D eigenvalue weighted by Gasteiger charge is -2.29. The first-order valence-electron chi connectivity index (χ1n) is 11.9. The zero-order valence-corrected chi connectivity index (χ0v) is 21.1. The van der Waals surface area contributed by atoms with E-state index < -0.39 is 10.0 Å². The lowest BCUT2D eigenvalue weighted by Crippen LogP contribution is -2.41. The van der Waals surface area contributed by atoms with Crippen molar-refractivity contribution in [3.8, 4) is 16.9 Å². The summed E-state index contributed by atoms with van der Waals surface area (Å²) >= 11 is 0. The molecule has 1 aromatic heterocycles. The molecule has 0 radical (unpaired) electrons. The number of methoxy groups -OCH3 is 1. The Labute approximate surface area is 211 Å². The predicted octanol–water partition coefficient (Wildman–Crippen LogP) is 4.61. The highest BCUT2D eigenvalue weighted by Gasteiger charge is 2.29. The van der Waals surface area contributed by atoms with Crippen LogP contribution in [-0.4, -0.2) is 32.5 Å². The molecule has 190 valence electrons. The van der Waals surface area contributed by atoms with Crippen LogP contribution in [0.15, 0.2) is 71.9 Å². The van der Waals surface area contributed by atoms with Crippen molar-refractivity contribution in [1.29, 1.82) is 0 Å². The van der Waals surface area contributed by atoms with Gasteiger partial charge in [-0.3, -0.25) is 9.78 Å². The fourth-order valence-electron chi connectivity index (χ4n) is 4.52. The highest BCUT2D eigenvalue weighted by Crippen LogP contribution is 2.30. The molecular weight excluding hydrogens is 481 g/mol. The van der Waals surface area contributed by atoms with Crippen LogP contribution in [0, 0.1) is 11.7 Å². The molecule has 1 amide bonds. The van der Waals surface area contributed by atoms with Gasteiger partial charge in [0.1, 0.15) is 11.6 Å². The van der Waals surface area contributed by atoms with Crippen molar-refractivity contribution in [3.63, 3.8) is 0 Å². The van der Waals surface area contributed by atoms with Crippen molar-refractivity contribution in [2.75, 3.05) is 7.11 Å². The summed E-state index contributed by atoms with van der Waals surface area (Å²) in [5.41, 5.74) is 2.49.